The smallest absolute Gasteiger partial charge is 0.0762 e. The normalized spacial score (nSPS) is 39.6. The van der Waals surface area contributed by atoms with Crippen molar-refractivity contribution in [3.63, 3.8) is 0 Å². The first-order chi connectivity index (χ1) is 12.7. The molecule has 1 N–H and O–H groups in total. The molecule has 3 atom stereocenters. The summed E-state index contributed by atoms with van der Waals surface area (Å²) in [6, 6.07) is 0. The van der Waals surface area contributed by atoms with Crippen molar-refractivity contribution in [3.05, 3.63) is 15.5 Å². The van der Waals surface area contributed by atoms with Crippen molar-refractivity contribution in [2.75, 3.05) is 39.5 Å². The Morgan fingerprint density at radius 1 is 1.23 bits per heavy atom. The topological polar surface area (TPSA) is 50.4 Å². The average molecular weight is 471 g/mol. The van der Waals surface area contributed by atoms with E-state index in [4.69, 9.17) is 9.47 Å². The first-order valence-electron chi connectivity index (χ1n) is 10.3. The van der Waals surface area contributed by atoms with Gasteiger partial charge in [-0.1, -0.05) is 0 Å². The molecule has 6 heteroatoms. The molecule has 0 spiro atoms. The third kappa shape index (κ3) is 3.35. The van der Waals surface area contributed by atoms with E-state index in [9.17, 15) is 0 Å². The molecule has 5 aliphatic rings. The Bertz CT molecular complexity index is 616. The summed E-state index contributed by atoms with van der Waals surface area (Å²) in [4.78, 5) is 2.49. The van der Waals surface area contributed by atoms with Gasteiger partial charge in [0.05, 0.1) is 35.2 Å². The number of hydrogen-bond acceptors (Lipinski definition) is 4. The standard InChI is InChI=1S/C20H30IN3O2/c21-17-13-22-23-18(17)12-20-10-14-7-15(11-20)9-16(8-14)19(20)26-6-3-24-1-4-25-5-2-24/h13-16,19H,1-12H2,(H,22,23). The molecule has 6 rings (SSSR count). The van der Waals surface area contributed by atoms with E-state index in [1.165, 1.54) is 41.4 Å². The molecule has 1 aliphatic heterocycles. The minimum Gasteiger partial charge on any atom is -0.379 e. The van der Waals surface area contributed by atoms with Crippen molar-refractivity contribution >= 4 is 22.6 Å². The third-order valence-electron chi connectivity index (χ3n) is 7.36. The van der Waals surface area contributed by atoms with Crippen LogP contribution in [0.4, 0.5) is 0 Å². The molecule has 26 heavy (non-hydrogen) atoms. The SMILES string of the molecule is Ic1c[nH]nc1CC12CC3CC(CC(C3)C1OCCN1CCOCC1)C2. The largest absolute Gasteiger partial charge is 0.379 e. The quantitative estimate of drug-likeness (QED) is 0.649. The van der Waals surface area contributed by atoms with Crippen molar-refractivity contribution in [2.24, 2.45) is 23.2 Å². The predicted octanol–water partition coefficient (Wildman–Crippen LogP) is 3.10. The van der Waals surface area contributed by atoms with E-state index >= 15 is 0 Å². The summed E-state index contributed by atoms with van der Waals surface area (Å²) < 4.78 is 13.4. The molecular weight excluding hydrogens is 441 g/mol. The second kappa shape index (κ2) is 7.33. The number of halogens is 1. The zero-order chi connectivity index (χ0) is 17.6. The second-order valence-electron chi connectivity index (χ2n) is 9.07. The Kier molecular flexibility index (Phi) is 5.05. The molecule has 1 saturated heterocycles. The molecule has 1 aromatic heterocycles. The summed E-state index contributed by atoms with van der Waals surface area (Å²) in [6.45, 7) is 5.77. The molecule has 5 nitrogen and oxygen atoms in total. The highest BCUT2D eigenvalue weighted by atomic mass is 127. The van der Waals surface area contributed by atoms with Crippen molar-refractivity contribution < 1.29 is 9.47 Å². The maximum atomic E-state index is 6.69. The van der Waals surface area contributed by atoms with Crippen LogP contribution < -0.4 is 0 Å². The lowest BCUT2D eigenvalue weighted by Gasteiger charge is -2.61. The molecule has 5 fully saturated rings. The molecule has 4 aliphatic carbocycles. The molecule has 4 saturated carbocycles. The number of H-pyrrole nitrogens is 1. The van der Waals surface area contributed by atoms with Crippen LogP contribution in [0.2, 0.25) is 0 Å². The van der Waals surface area contributed by atoms with E-state index in [1.54, 1.807) is 0 Å². The highest BCUT2D eigenvalue weighted by Gasteiger charge is 2.57. The zero-order valence-electron chi connectivity index (χ0n) is 15.5. The summed E-state index contributed by atoms with van der Waals surface area (Å²) in [5.74, 6) is 2.65. The van der Waals surface area contributed by atoms with E-state index in [0.717, 1.165) is 63.6 Å². The fraction of sp³-hybridized carbons (Fsp3) is 0.850. The number of aromatic nitrogens is 2. The van der Waals surface area contributed by atoms with Crippen LogP contribution in [0.1, 0.15) is 37.8 Å². The number of hydrogen-bond donors (Lipinski definition) is 1. The Morgan fingerprint density at radius 3 is 2.69 bits per heavy atom. The molecule has 0 amide bonds. The number of morpholine rings is 1. The van der Waals surface area contributed by atoms with Gasteiger partial charge >= 0.3 is 0 Å². The van der Waals surface area contributed by atoms with Crippen LogP contribution in [-0.4, -0.2) is 60.7 Å². The number of aromatic amines is 1. The highest BCUT2D eigenvalue weighted by Crippen LogP contribution is 2.62. The van der Waals surface area contributed by atoms with Gasteiger partial charge in [0.15, 0.2) is 0 Å². The van der Waals surface area contributed by atoms with E-state index in [0.29, 0.717) is 11.5 Å². The predicted molar refractivity (Wildman–Crippen MR) is 108 cm³/mol. The lowest BCUT2D eigenvalue weighted by molar-refractivity contribution is -0.182. The van der Waals surface area contributed by atoms with E-state index in [2.05, 4.69) is 37.7 Å². The summed E-state index contributed by atoms with van der Waals surface area (Å²) in [5, 5.41) is 7.63. The maximum absolute atomic E-state index is 6.69. The Labute approximate surface area is 169 Å². The Balaban J connectivity index is 1.30. The number of ether oxygens (including phenoxy) is 2. The molecular formula is C20H30IN3O2. The Hall–Kier alpha value is -0.180. The zero-order valence-corrected chi connectivity index (χ0v) is 17.6. The van der Waals surface area contributed by atoms with Crippen LogP contribution in [-0.2, 0) is 15.9 Å². The minimum absolute atomic E-state index is 0.328. The minimum atomic E-state index is 0.328. The molecule has 1 aromatic rings. The van der Waals surface area contributed by atoms with Crippen LogP contribution in [0.25, 0.3) is 0 Å². The van der Waals surface area contributed by atoms with Gasteiger partial charge in [-0.15, -0.1) is 0 Å². The average Bonchev–Trinajstić information content (AvgIpc) is 3.02. The monoisotopic (exact) mass is 471 g/mol. The van der Waals surface area contributed by atoms with Gasteiger partial charge in [0, 0.05) is 37.7 Å². The fourth-order valence-corrected chi connectivity index (χ4v) is 7.07. The fourth-order valence-electron chi connectivity index (χ4n) is 6.61. The van der Waals surface area contributed by atoms with Gasteiger partial charge in [0.1, 0.15) is 0 Å². The van der Waals surface area contributed by atoms with Crippen LogP contribution in [0.15, 0.2) is 6.20 Å². The van der Waals surface area contributed by atoms with Crippen LogP contribution in [0.5, 0.6) is 0 Å². The van der Waals surface area contributed by atoms with Gasteiger partial charge in [-0.25, -0.2) is 0 Å². The number of nitrogens with zero attached hydrogens (tertiary/aromatic N) is 2. The first kappa shape index (κ1) is 17.9. The van der Waals surface area contributed by atoms with E-state index in [1.807, 2.05) is 6.20 Å². The lowest BCUT2D eigenvalue weighted by Crippen LogP contribution is -2.58. The van der Waals surface area contributed by atoms with Crippen molar-refractivity contribution in [2.45, 2.75) is 44.6 Å². The first-order valence-corrected chi connectivity index (χ1v) is 11.4. The summed E-state index contributed by atoms with van der Waals surface area (Å²) in [7, 11) is 0. The molecule has 0 aromatic carbocycles. The van der Waals surface area contributed by atoms with Gasteiger partial charge in [0.2, 0.25) is 0 Å². The number of nitrogens with one attached hydrogen (secondary N) is 1. The van der Waals surface area contributed by atoms with Gasteiger partial charge in [-0.2, -0.15) is 5.10 Å². The second-order valence-corrected chi connectivity index (χ2v) is 10.2. The number of rotatable bonds is 6. The third-order valence-corrected chi connectivity index (χ3v) is 8.29. The molecule has 2 heterocycles. The molecule has 4 bridgehead atoms. The van der Waals surface area contributed by atoms with Crippen LogP contribution in [0.3, 0.4) is 0 Å². The summed E-state index contributed by atoms with van der Waals surface area (Å²) >= 11 is 2.43. The Morgan fingerprint density at radius 2 is 2.00 bits per heavy atom. The van der Waals surface area contributed by atoms with Gasteiger partial charge in [-0.3, -0.25) is 10.00 Å². The maximum Gasteiger partial charge on any atom is 0.0762 e. The highest BCUT2D eigenvalue weighted by molar-refractivity contribution is 14.1. The van der Waals surface area contributed by atoms with Gasteiger partial charge < -0.3 is 9.47 Å². The van der Waals surface area contributed by atoms with E-state index in [-0.39, 0.29) is 0 Å². The lowest BCUT2D eigenvalue weighted by atomic mass is 9.47. The van der Waals surface area contributed by atoms with Crippen molar-refractivity contribution in [1.82, 2.24) is 15.1 Å². The van der Waals surface area contributed by atoms with Gasteiger partial charge in [0.25, 0.3) is 0 Å². The van der Waals surface area contributed by atoms with Crippen LogP contribution in [0, 0.1) is 26.7 Å². The van der Waals surface area contributed by atoms with Crippen molar-refractivity contribution in [3.8, 4) is 0 Å². The van der Waals surface area contributed by atoms with Gasteiger partial charge in [-0.05, 0) is 72.4 Å². The summed E-state index contributed by atoms with van der Waals surface area (Å²) in [5.41, 5.74) is 1.59. The van der Waals surface area contributed by atoms with Crippen molar-refractivity contribution in [1.29, 1.82) is 0 Å². The summed E-state index contributed by atoms with van der Waals surface area (Å²) in [6.07, 6.45) is 10.5. The molecule has 0 radical (unpaired) electrons. The molecule has 3 unspecified atom stereocenters. The molecule has 144 valence electrons. The van der Waals surface area contributed by atoms with E-state index < -0.39 is 0 Å². The van der Waals surface area contributed by atoms with Crippen LogP contribution >= 0.6 is 22.6 Å².